The molecule has 0 spiro atoms. The molecule has 130 valence electrons. The first-order valence-corrected chi connectivity index (χ1v) is 9.60. The van der Waals surface area contributed by atoms with Crippen LogP contribution in [-0.2, 0) is 16.2 Å². The second-order valence-electron chi connectivity index (χ2n) is 8.42. The van der Waals surface area contributed by atoms with Gasteiger partial charge in [-0.1, -0.05) is 92.0 Å². The average molecular weight is 389 g/mol. The molecular formula is C22H29BrO. The lowest BCUT2D eigenvalue weighted by Crippen LogP contribution is -2.22. The molecule has 2 aromatic rings. The number of hydrogen-bond acceptors (Lipinski definition) is 1. The highest BCUT2D eigenvalue weighted by Crippen LogP contribution is 2.42. The van der Waals surface area contributed by atoms with Crippen LogP contribution < -0.4 is 0 Å². The molecule has 0 bridgehead atoms. The maximum atomic E-state index is 10.9. The Bertz CT molecular complexity index is 731. The van der Waals surface area contributed by atoms with E-state index < -0.39 is 0 Å². The third kappa shape index (κ3) is 3.69. The van der Waals surface area contributed by atoms with Gasteiger partial charge in [0.05, 0.1) is 0 Å². The summed E-state index contributed by atoms with van der Waals surface area (Å²) in [4.78, 5) is 0. The minimum absolute atomic E-state index is 0.0397. The molecule has 24 heavy (non-hydrogen) atoms. The Balaban J connectivity index is 2.73. The van der Waals surface area contributed by atoms with Gasteiger partial charge >= 0.3 is 0 Å². The van der Waals surface area contributed by atoms with Crippen LogP contribution in [0.25, 0.3) is 0 Å². The Morgan fingerprint density at radius 2 is 1.38 bits per heavy atom. The average Bonchev–Trinajstić information content (AvgIpc) is 2.45. The largest absolute Gasteiger partial charge is 0.507 e. The summed E-state index contributed by atoms with van der Waals surface area (Å²) in [6, 6.07) is 10.9. The van der Waals surface area contributed by atoms with Gasteiger partial charge < -0.3 is 5.11 Å². The van der Waals surface area contributed by atoms with Gasteiger partial charge in [0.25, 0.3) is 0 Å². The minimum Gasteiger partial charge on any atom is -0.507 e. The second-order valence-corrected chi connectivity index (χ2v) is 8.98. The Kier molecular flexibility index (Phi) is 5.20. The lowest BCUT2D eigenvalue weighted by Gasteiger charge is -2.31. The summed E-state index contributed by atoms with van der Waals surface area (Å²) in [5.41, 5.74) is 6.72. The molecular weight excluding hydrogens is 360 g/mol. The lowest BCUT2D eigenvalue weighted by atomic mass is 9.74. The van der Waals surface area contributed by atoms with E-state index in [0.717, 1.165) is 11.1 Å². The van der Waals surface area contributed by atoms with Crippen LogP contribution >= 0.6 is 15.9 Å². The van der Waals surface area contributed by atoms with Crippen molar-refractivity contribution in [2.75, 3.05) is 0 Å². The number of rotatable bonds is 3. The number of aromatic hydroxyl groups is 1. The monoisotopic (exact) mass is 388 g/mol. The minimum atomic E-state index is -0.265. The molecule has 2 heteroatoms. The molecule has 0 aromatic heterocycles. The molecule has 0 saturated heterocycles. The molecule has 0 radical (unpaired) electrons. The van der Waals surface area contributed by atoms with E-state index >= 15 is 0 Å². The van der Waals surface area contributed by atoms with Crippen molar-refractivity contribution in [3.63, 3.8) is 0 Å². The van der Waals surface area contributed by atoms with Gasteiger partial charge in [0.15, 0.2) is 0 Å². The standard InChI is InChI=1S/C22H29BrO/c1-14-8-15(2)10-18(9-14)22(6,7)19-12-17(21(3,4)5)11-16(13-23)20(19)24/h8-12,24H,13H2,1-7H3. The Hall–Kier alpha value is -1.28. The molecule has 0 aliphatic carbocycles. The summed E-state index contributed by atoms with van der Waals surface area (Å²) in [6.45, 7) is 15.3. The fourth-order valence-electron chi connectivity index (χ4n) is 3.20. The van der Waals surface area contributed by atoms with Crippen molar-refractivity contribution >= 4 is 15.9 Å². The fourth-order valence-corrected chi connectivity index (χ4v) is 3.62. The number of aryl methyl sites for hydroxylation is 2. The Morgan fingerprint density at radius 1 is 0.833 bits per heavy atom. The first-order valence-electron chi connectivity index (χ1n) is 8.48. The number of phenols is 1. The van der Waals surface area contributed by atoms with Crippen LogP contribution in [-0.4, -0.2) is 5.11 Å². The molecule has 1 N–H and O–H groups in total. The van der Waals surface area contributed by atoms with Crippen molar-refractivity contribution in [2.24, 2.45) is 0 Å². The summed E-state index contributed by atoms with van der Waals surface area (Å²) >= 11 is 3.53. The molecule has 2 aromatic carbocycles. The van der Waals surface area contributed by atoms with Crippen molar-refractivity contribution in [1.82, 2.24) is 0 Å². The third-order valence-corrected chi connectivity index (χ3v) is 5.42. The van der Waals surface area contributed by atoms with Crippen LogP contribution in [0.1, 0.15) is 68.0 Å². The quantitative estimate of drug-likeness (QED) is 0.592. The van der Waals surface area contributed by atoms with Crippen LogP contribution in [0.3, 0.4) is 0 Å². The van der Waals surface area contributed by atoms with Crippen LogP contribution in [0.4, 0.5) is 0 Å². The van der Waals surface area contributed by atoms with Gasteiger partial charge in [-0.05, 0) is 30.4 Å². The van der Waals surface area contributed by atoms with Gasteiger partial charge in [0.2, 0.25) is 0 Å². The number of alkyl halides is 1. The van der Waals surface area contributed by atoms with E-state index in [1.165, 1.54) is 22.3 Å². The smallest absolute Gasteiger partial charge is 0.123 e. The van der Waals surface area contributed by atoms with Crippen LogP contribution in [0.15, 0.2) is 30.3 Å². The zero-order valence-corrected chi connectivity index (χ0v) is 17.5. The Morgan fingerprint density at radius 3 is 1.83 bits per heavy atom. The predicted molar refractivity (Wildman–Crippen MR) is 107 cm³/mol. The van der Waals surface area contributed by atoms with Crippen LogP contribution in [0, 0.1) is 13.8 Å². The molecule has 2 rings (SSSR count). The SMILES string of the molecule is Cc1cc(C)cc(C(C)(C)c2cc(C(C)(C)C)cc(CBr)c2O)c1. The molecule has 0 saturated carbocycles. The second kappa shape index (κ2) is 6.55. The summed E-state index contributed by atoms with van der Waals surface area (Å²) < 4.78 is 0. The third-order valence-electron chi connectivity index (χ3n) is 4.82. The summed E-state index contributed by atoms with van der Waals surface area (Å²) in [5, 5.41) is 11.5. The van der Waals surface area contributed by atoms with Gasteiger partial charge in [-0.2, -0.15) is 0 Å². The van der Waals surface area contributed by atoms with Gasteiger partial charge in [0, 0.05) is 21.9 Å². The predicted octanol–water partition coefficient (Wildman–Crippen LogP) is 6.53. The van der Waals surface area contributed by atoms with Crippen molar-refractivity contribution in [1.29, 1.82) is 0 Å². The number of hydrogen-bond donors (Lipinski definition) is 1. The molecule has 0 aliphatic heterocycles. The maximum absolute atomic E-state index is 10.9. The van der Waals surface area contributed by atoms with E-state index in [1.54, 1.807) is 0 Å². The highest BCUT2D eigenvalue weighted by Gasteiger charge is 2.30. The highest BCUT2D eigenvalue weighted by molar-refractivity contribution is 9.08. The number of phenolic OH excluding ortho intramolecular Hbond substituents is 1. The normalized spacial score (nSPS) is 12.5. The number of halogens is 1. The van der Waals surface area contributed by atoms with E-state index in [1.807, 2.05) is 0 Å². The van der Waals surface area contributed by atoms with Crippen molar-refractivity contribution in [2.45, 2.75) is 64.6 Å². The van der Waals surface area contributed by atoms with Crippen LogP contribution in [0.5, 0.6) is 5.75 Å². The molecule has 0 atom stereocenters. The van der Waals surface area contributed by atoms with E-state index in [2.05, 4.69) is 94.7 Å². The van der Waals surface area contributed by atoms with E-state index in [4.69, 9.17) is 0 Å². The summed E-state index contributed by atoms with van der Waals surface area (Å²) in [6.07, 6.45) is 0. The van der Waals surface area contributed by atoms with Crippen molar-refractivity contribution < 1.29 is 5.11 Å². The molecule has 0 aliphatic rings. The van der Waals surface area contributed by atoms with E-state index in [0.29, 0.717) is 11.1 Å². The molecule has 0 heterocycles. The Labute approximate surface area is 155 Å². The van der Waals surface area contributed by atoms with E-state index in [-0.39, 0.29) is 10.8 Å². The van der Waals surface area contributed by atoms with Gasteiger partial charge in [-0.3, -0.25) is 0 Å². The topological polar surface area (TPSA) is 20.2 Å². The molecule has 0 unspecified atom stereocenters. The number of benzene rings is 2. The maximum Gasteiger partial charge on any atom is 0.123 e. The van der Waals surface area contributed by atoms with Crippen molar-refractivity contribution in [3.8, 4) is 5.75 Å². The van der Waals surface area contributed by atoms with Crippen molar-refractivity contribution in [3.05, 3.63) is 63.7 Å². The first-order chi connectivity index (χ1) is 11.0. The first kappa shape index (κ1) is 19.1. The summed E-state index contributed by atoms with van der Waals surface area (Å²) in [7, 11) is 0. The molecule has 0 amide bonds. The van der Waals surface area contributed by atoms with Gasteiger partial charge in [-0.25, -0.2) is 0 Å². The molecule has 1 nitrogen and oxygen atoms in total. The molecule has 0 fully saturated rings. The van der Waals surface area contributed by atoms with E-state index in [9.17, 15) is 5.11 Å². The zero-order valence-electron chi connectivity index (χ0n) is 15.9. The van der Waals surface area contributed by atoms with Crippen LogP contribution in [0.2, 0.25) is 0 Å². The summed E-state index contributed by atoms with van der Waals surface area (Å²) in [5.74, 6) is 0.407. The fraction of sp³-hybridized carbons (Fsp3) is 0.455. The zero-order chi connectivity index (χ0) is 18.3. The van der Waals surface area contributed by atoms with Gasteiger partial charge in [0.1, 0.15) is 5.75 Å². The van der Waals surface area contributed by atoms with Gasteiger partial charge in [-0.15, -0.1) is 0 Å². The highest BCUT2D eigenvalue weighted by atomic mass is 79.9. The lowest BCUT2D eigenvalue weighted by molar-refractivity contribution is 0.446.